The number of hydroxylamine groups is 1. The van der Waals surface area contributed by atoms with Gasteiger partial charge in [0.1, 0.15) is 11.7 Å². The fourth-order valence-electron chi connectivity index (χ4n) is 1.70. The third-order valence-electron chi connectivity index (χ3n) is 2.69. The Hall–Kier alpha value is -2.38. The molecule has 7 heteroatoms. The molecule has 0 bridgehead atoms. The minimum absolute atomic E-state index is 0.269. The number of rotatable bonds is 4. The summed E-state index contributed by atoms with van der Waals surface area (Å²) in [6, 6.07) is 7.76. The molecule has 2 rings (SSSR count). The van der Waals surface area contributed by atoms with E-state index in [0.29, 0.717) is 0 Å². The number of benzene rings is 1. The molecule has 0 fully saturated rings. The van der Waals surface area contributed by atoms with E-state index < -0.39 is 24.5 Å². The molecule has 5 N–H and O–H groups in total. The molecule has 1 aromatic carbocycles. The van der Waals surface area contributed by atoms with E-state index in [0.717, 1.165) is 10.9 Å². The lowest BCUT2D eigenvalue weighted by Crippen LogP contribution is -2.48. The second-order valence-electron chi connectivity index (χ2n) is 3.95. The number of carbonyl (C=O) groups is 2. The van der Waals surface area contributed by atoms with E-state index in [9.17, 15) is 9.59 Å². The molecule has 0 saturated heterocycles. The molecule has 19 heavy (non-hydrogen) atoms. The standard InChI is InChI=1S/C12H13N3O4/c16-6-10(12(18)15-19)14-11(17)9-5-7-3-1-2-4-8(7)13-9/h1-5,10,13,16,19H,6H2,(H,14,17)(H,15,18). The first-order chi connectivity index (χ1) is 9.15. The van der Waals surface area contributed by atoms with E-state index >= 15 is 0 Å². The van der Waals surface area contributed by atoms with Crippen LogP contribution in [0, 0.1) is 0 Å². The SMILES string of the molecule is O=C(NC(CO)C(=O)NO)c1cc2ccccc2[nH]1. The number of amides is 2. The predicted octanol–water partition coefficient (Wildman–Crippen LogP) is -0.236. The maximum Gasteiger partial charge on any atom is 0.268 e. The van der Waals surface area contributed by atoms with Gasteiger partial charge in [0.2, 0.25) is 0 Å². The summed E-state index contributed by atoms with van der Waals surface area (Å²) in [6.07, 6.45) is 0. The highest BCUT2D eigenvalue weighted by Crippen LogP contribution is 2.14. The maximum atomic E-state index is 11.9. The third kappa shape index (κ3) is 2.72. The van der Waals surface area contributed by atoms with Crippen molar-refractivity contribution in [2.24, 2.45) is 0 Å². The molecule has 0 spiro atoms. The van der Waals surface area contributed by atoms with Crippen molar-refractivity contribution in [1.82, 2.24) is 15.8 Å². The van der Waals surface area contributed by atoms with Crippen molar-refractivity contribution in [3.05, 3.63) is 36.0 Å². The Balaban J connectivity index is 2.17. The van der Waals surface area contributed by atoms with E-state index in [2.05, 4.69) is 10.3 Å². The van der Waals surface area contributed by atoms with Gasteiger partial charge in [-0.05, 0) is 12.1 Å². The number of nitrogens with one attached hydrogen (secondary N) is 3. The fraction of sp³-hybridized carbons (Fsp3) is 0.167. The van der Waals surface area contributed by atoms with Crippen LogP contribution in [0.25, 0.3) is 10.9 Å². The molecule has 1 unspecified atom stereocenters. The van der Waals surface area contributed by atoms with Crippen LogP contribution in [0.2, 0.25) is 0 Å². The van der Waals surface area contributed by atoms with Crippen molar-refractivity contribution in [2.75, 3.05) is 6.61 Å². The molecule has 1 heterocycles. The summed E-state index contributed by atoms with van der Waals surface area (Å²) in [5.41, 5.74) is 2.44. The zero-order valence-electron chi connectivity index (χ0n) is 9.88. The number of carbonyl (C=O) groups excluding carboxylic acids is 2. The molecule has 1 atom stereocenters. The van der Waals surface area contributed by atoms with Gasteiger partial charge in [0.15, 0.2) is 0 Å². The van der Waals surface area contributed by atoms with Crippen molar-refractivity contribution in [1.29, 1.82) is 0 Å². The summed E-state index contributed by atoms with van der Waals surface area (Å²) in [7, 11) is 0. The van der Waals surface area contributed by atoms with E-state index in [1.54, 1.807) is 6.07 Å². The molecule has 0 aliphatic heterocycles. The van der Waals surface area contributed by atoms with Crippen LogP contribution >= 0.6 is 0 Å². The number of para-hydroxylation sites is 1. The lowest BCUT2D eigenvalue weighted by Gasteiger charge is -2.13. The molecule has 0 saturated carbocycles. The smallest absolute Gasteiger partial charge is 0.268 e. The van der Waals surface area contributed by atoms with Gasteiger partial charge in [-0.25, -0.2) is 5.48 Å². The number of H-pyrrole nitrogens is 1. The lowest BCUT2D eigenvalue weighted by molar-refractivity contribution is -0.132. The highest BCUT2D eigenvalue weighted by atomic mass is 16.5. The van der Waals surface area contributed by atoms with Crippen LogP contribution in [-0.4, -0.2) is 39.8 Å². The second kappa shape index (κ2) is 5.51. The van der Waals surface area contributed by atoms with Crippen LogP contribution in [0.3, 0.4) is 0 Å². The number of aliphatic hydroxyl groups excluding tert-OH is 1. The quantitative estimate of drug-likeness (QED) is 0.387. The Morgan fingerprint density at radius 3 is 2.68 bits per heavy atom. The third-order valence-corrected chi connectivity index (χ3v) is 2.69. The van der Waals surface area contributed by atoms with Crippen LogP contribution in [0.1, 0.15) is 10.5 Å². The summed E-state index contributed by atoms with van der Waals surface area (Å²) in [5.74, 6) is -1.43. The number of fused-ring (bicyclic) bond motifs is 1. The molecule has 1 aromatic heterocycles. The largest absolute Gasteiger partial charge is 0.394 e. The summed E-state index contributed by atoms with van der Waals surface area (Å²) < 4.78 is 0. The van der Waals surface area contributed by atoms with E-state index in [-0.39, 0.29) is 5.69 Å². The topological polar surface area (TPSA) is 114 Å². The molecular weight excluding hydrogens is 250 g/mol. The van der Waals surface area contributed by atoms with Crippen LogP contribution in [-0.2, 0) is 4.79 Å². The summed E-state index contributed by atoms with van der Waals surface area (Å²) in [6.45, 7) is -0.613. The lowest BCUT2D eigenvalue weighted by atomic mass is 10.2. The number of aromatic amines is 1. The van der Waals surface area contributed by atoms with Crippen molar-refractivity contribution in [2.45, 2.75) is 6.04 Å². The Bertz CT molecular complexity index is 575. The number of hydrogen-bond acceptors (Lipinski definition) is 4. The molecule has 100 valence electrons. The van der Waals surface area contributed by atoms with Gasteiger partial charge in [0.05, 0.1) is 6.61 Å². The Morgan fingerprint density at radius 2 is 2.05 bits per heavy atom. The van der Waals surface area contributed by atoms with Gasteiger partial charge in [0.25, 0.3) is 11.8 Å². The first-order valence-electron chi connectivity index (χ1n) is 5.59. The Kier molecular flexibility index (Phi) is 3.79. The maximum absolute atomic E-state index is 11.9. The van der Waals surface area contributed by atoms with Gasteiger partial charge < -0.3 is 15.4 Å². The molecule has 0 radical (unpaired) electrons. The van der Waals surface area contributed by atoms with Gasteiger partial charge in [-0.3, -0.25) is 14.8 Å². The molecule has 2 aromatic rings. The first kappa shape index (κ1) is 13.1. The van der Waals surface area contributed by atoms with Gasteiger partial charge >= 0.3 is 0 Å². The summed E-state index contributed by atoms with van der Waals surface area (Å²) >= 11 is 0. The number of aliphatic hydroxyl groups is 1. The van der Waals surface area contributed by atoms with Crippen LogP contribution in [0.15, 0.2) is 30.3 Å². The monoisotopic (exact) mass is 263 g/mol. The van der Waals surface area contributed by atoms with E-state index in [1.807, 2.05) is 24.3 Å². The van der Waals surface area contributed by atoms with Crippen LogP contribution in [0.5, 0.6) is 0 Å². The minimum atomic E-state index is -1.20. The average Bonchev–Trinajstić information content (AvgIpc) is 2.87. The van der Waals surface area contributed by atoms with Crippen molar-refractivity contribution in [3.8, 4) is 0 Å². The zero-order chi connectivity index (χ0) is 13.8. The molecule has 0 aliphatic rings. The molecular formula is C12H13N3O4. The fourth-order valence-corrected chi connectivity index (χ4v) is 1.70. The molecule has 7 nitrogen and oxygen atoms in total. The van der Waals surface area contributed by atoms with E-state index in [1.165, 1.54) is 5.48 Å². The average molecular weight is 263 g/mol. The van der Waals surface area contributed by atoms with Crippen LogP contribution in [0.4, 0.5) is 0 Å². The Labute approximate surface area is 108 Å². The molecule has 0 aliphatic carbocycles. The van der Waals surface area contributed by atoms with Crippen LogP contribution < -0.4 is 10.8 Å². The molecule has 2 amide bonds. The highest BCUT2D eigenvalue weighted by Gasteiger charge is 2.20. The number of aromatic nitrogens is 1. The Morgan fingerprint density at radius 1 is 1.32 bits per heavy atom. The minimum Gasteiger partial charge on any atom is -0.394 e. The first-order valence-corrected chi connectivity index (χ1v) is 5.59. The van der Waals surface area contributed by atoms with Gasteiger partial charge in [0, 0.05) is 10.9 Å². The normalized spacial score (nSPS) is 12.1. The van der Waals surface area contributed by atoms with E-state index in [4.69, 9.17) is 10.3 Å². The second-order valence-corrected chi connectivity index (χ2v) is 3.95. The van der Waals surface area contributed by atoms with Gasteiger partial charge in [-0.15, -0.1) is 0 Å². The summed E-state index contributed by atoms with van der Waals surface area (Å²) in [5, 5.41) is 20.6. The van der Waals surface area contributed by atoms with Crippen molar-refractivity contribution < 1.29 is 19.9 Å². The van der Waals surface area contributed by atoms with Gasteiger partial charge in [-0.1, -0.05) is 18.2 Å². The summed E-state index contributed by atoms with van der Waals surface area (Å²) in [4.78, 5) is 25.9. The van der Waals surface area contributed by atoms with Crippen molar-refractivity contribution >= 4 is 22.7 Å². The zero-order valence-corrected chi connectivity index (χ0v) is 9.88. The highest BCUT2D eigenvalue weighted by molar-refractivity contribution is 6.00. The van der Waals surface area contributed by atoms with Crippen molar-refractivity contribution in [3.63, 3.8) is 0 Å². The predicted molar refractivity (Wildman–Crippen MR) is 66.6 cm³/mol. The number of hydrogen-bond donors (Lipinski definition) is 5. The van der Waals surface area contributed by atoms with Gasteiger partial charge in [-0.2, -0.15) is 0 Å².